The van der Waals surface area contributed by atoms with E-state index < -0.39 is 0 Å². The lowest BCUT2D eigenvalue weighted by Crippen LogP contribution is -2.19. The molecule has 0 spiro atoms. The number of halogens is 2. The third-order valence-electron chi connectivity index (χ3n) is 1.95. The van der Waals surface area contributed by atoms with Crippen LogP contribution in [0.2, 0.25) is 5.02 Å². The summed E-state index contributed by atoms with van der Waals surface area (Å²) >= 11 is 9.20. The first kappa shape index (κ1) is 11.8. The second kappa shape index (κ2) is 5.54. The van der Waals surface area contributed by atoms with Crippen molar-refractivity contribution in [3.05, 3.63) is 45.9 Å². The van der Waals surface area contributed by atoms with Gasteiger partial charge < -0.3 is 5.32 Å². The highest BCUT2D eigenvalue weighted by Crippen LogP contribution is 2.17. The minimum atomic E-state index is 0.281. The van der Waals surface area contributed by atoms with Crippen LogP contribution in [-0.4, -0.2) is 6.54 Å². The van der Waals surface area contributed by atoms with Crippen LogP contribution in [0.4, 0.5) is 0 Å². The van der Waals surface area contributed by atoms with Crippen LogP contribution >= 0.6 is 27.5 Å². The van der Waals surface area contributed by atoms with E-state index >= 15 is 0 Å². The molecule has 0 aliphatic carbocycles. The van der Waals surface area contributed by atoms with Crippen molar-refractivity contribution < 1.29 is 0 Å². The van der Waals surface area contributed by atoms with E-state index in [0.717, 1.165) is 16.0 Å². The van der Waals surface area contributed by atoms with Crippen molar-refractivity contribution in [1.82, 2.24) is 5.32 Å². The normalized spacial score (nSPS) is 12.5. The molecule has 0 aliphatic heterocycles. The Hall–Kier alpha value is -0.310. The van der Waals surface area contributed by atoms with Gasteiger partial charge in [-0.15, -0.1) is 0 Å². The SMILES string of the molecule is C=C(Br)CN[C@H](C)c1cccc(Cl)c1. The lowest BCUT2D eigenvalue weighted by molar-refractivity contribution is 0.616. The van der Waals surface area contributed by atoms with Gasteiger partial charge >= 0.3 is 0 Å². The number of hydrogen-bond donors (Lipinski definition) is 1. The largest absolute Gasteiger partial charge is 0.306 e. The molecule has 3 heteroatoms. The molecule has 1 aromatic rings. The van der Waals surface area contributed by atoms with Crippen molar-refractivity contribution in [2.75, 3.05) is 6.54 Å². The monoisotopic (exact) mass is 273 g/mol. The standard InChI is InChI=1S/C11H13BrClN/c1-8(12)7-14-9(2)10-4-3-5-11(13)6-10/h3-6,9,14H,1,7H2,2H3/t9-/m1/s1. The van der Waals surface area contributed by atoms with Crippen molar-refractivity contribution >= 4 is 27.5 Å². The summed E-state index contributed by atoms with van der Waals surface area (Å²) in [5.74, 6) is 0. The molecule has 0 saturated carbocycles. The fraction of sp³-hybridized carbons (Fsp3) is 0.273. The average molecular weight is 275 g/mol. The van der Waals surface area contributed by atoms with E-state index in [0.29, 0.717) is 0 Å². The molecule has 0 radical (unpaired) electrons. The van der Waals surface area contributed by atoms with E-state index in [4.69, 9.17) is 11.6 Å². The Kier molecular flexibility index (Phi) is 4.66. The Bertz CT molecular complexity index is 325. The molecule has 0 amide bonds. The zero-order chi connectivity index (χ0) is 10.6. The molecule has 1 atom stereocenters. The molecule has 76 valence electrons. The zero-order valence-electron chi connectivity index (χ0n) is 8.06. The quantitative estimate of drug-likeness (QED) is 0.878. The van der Waals surface area contributed by atoms with Crippen LogP contribution in [0.15, 0.2) is 35.3 Å². The molecule has 1 nitrogen and oxygen atoms in total. The van der Waals surface area contributed by atoms with Gasteiger partial charge in [-0.05, 0) is 24.6 Å². The minimum absolute atomic E-state index is 0.281. The number of benzene rings is 1. The third-order valence-corrected chi connectivity index (χ3v) is 2.46. The van der Waals surface area contributed by atoms with Crippen LogP contribution < -0.4 is 5.32 Å². The summed E-state index contributed by atoms with van der Waals surface area (Å²) < 4.78 is 0.950. The number of hydrogen-bond acceptors (Lipinski definition) is 1. The highest BCUT2D eigenvalue weighted by Gasteiger charge is 2.04. The molecule has 1 rings (SSSR count). The molecular formula is C11H13BrClN. The Morgan fingerprint density at radius 3 is 2.93 bits per heavy atom. The molecule has 0 bridgehead atoms. The van der Waals surface area contributed by atoms with Gasteiger partial charge in [-0.1, -0.05) is 46.2 Å². The lowest BCUT2D eigenvalue weighted by Gasteiger charge is -2.13. The Labute approximate surface area is 98.3 Å². The number of rotatable bonds is 4. The molecule has 14 heavy (non-hydrogen) atoms. The van der Waals surface area contributed by atoms with Crippen LogP contribution in [0.25, 0.3) is 0 Å². The molecule has 1 N–H and O–H groups in total. The maximum absolute atomic E-state index is 5.90. The summed E-state index contributed by atoms with van der Waals surface area (Å²) in [4.78, 5) is 0. The van der Waals surface area contributed by atoms with Gasteiger partial charge in [0, 0.05) is 22.1 Å². The highest BCUT2D eigenvalue weighted by molar-refractivity contribution is 9.11. The predicted octanol–water partition coefficient (Wildman–Crippen LogP) is 3.90. The maximum Gasteiger partial charge on any atom is 0.0409 e. The van der Waals surface area contributed by atoms with Crippen molar-refractivity contribution in [3.8, 4) is 0 Å². The first-order valence-electron chi connectivity index (χ1n) is 4.41. The fourth-order valence-electron chi connectivity index (χ4n) is 1.16. The average Bonchev–Trinajstić information content (AvgIpc) is 2.14. The molecule has 0 heterocycles. The van der Waals surface area contributed by atoms with Gasteiger partial charge in [-0.2, -0.15) is 0 Å². The molecule has 0 saturated heterocycles. The molecule has 0 unspecified atom stereocenters. The summed E-state index contributed by atoms with van der Waals surface area (Å²) in [7, 11) is 0. The van der Waals surface area contributed by atoms with E-state index in [2.05, 4.69) is 40.8 Å². The molecule has 0 fully saturated rings. The van der Waals surface area contributed by atoms with Gasteiger partial charge in [0.2, 0.25) is 0 Å². The first-order chi connectivity index (χ1) is 6.59. The molecule has 0 aliphatic rings. The second-order valence-corrected chi connectivity index (χ2v) is 4.73. The highest BCUT2D eigenvalue weighted by atomic mass is 79.9. The first-order valence-corrected chi connectivity index (χ1v) is 5.59. The van der Waals surface area contributed by atoms with Crippen molar-refractivity contribution in [2.45, 2.75) is 13.0 Å². The smallest absolute Gasteiger partial charge is 0.0409 e. The summed E-state index contributed by atoms with van der Waals surface area (Å²) in [6.45, 7) is 6.62. The third kappa shape index (κ3) is 3.82. The van der Waals surface area contributed by atoms with Crippen LogP contribution in [0.1, 0.15) is 18.5 Å². The number of nitrogens with one attached hydrogen (secondary N) is 1. The Morgan fingerprint density at radius 2 is 2.36 bits per heavy atom. The van der Waals surface area contributed by atoms with Crippen LogP contribution in [-0.2, 0) is 0 Å². The van der Waals surface area contributed by atoms with Crippen LogP contribution in [0, 0.1) is 0 Å². The lowest BCUT2D eigenvalue weighted by atomic mass is 10.1. The Balaban J connectivity index is 2.60. The summed E-state index contributed by atoms with van der Waals surface area (Å²) in [6, 6.07) is 8.14. The summed E-state index contributed by atoms with van der Waals surface area (Å²) in [6.07, 6.45) is 0. The van der Waals surface area contributed by atoms with E-state index in [1.807, 2.05) is 18.2 Å². The van der Waals surface area contributed by atoms with E-state index in [1.54, 1.807) is 0 Å². The topological polar surface area (TPSA) is 12.0 Å². The molecule has 0 aromatic heterocycles. The van der Waals surface area contributed by atoms with E-state index in [-0.39, 0.29) is 6.04 Å². The van der Waals surface area contributed by atoms with E-state index in [1.165, 1.54) is 5.56 Å². The zero-order valence-corrected chi connectivity index (χ0v) is 10.4. The van der Waals surface area contributed by atoms with Gasteiger partial charge in [0.25, 0.3) is 0 Å². The fourth-order valence-corrected chi connectivity index (χ4v) is 1.52. The molecular weight excluding hydrogens is 261 g/mol. The Morgan fingerprint density at radius 1 is 1.64 bits per heavy atom. The van der Waals surface area contributed by atoms with Gasteiger partial charge in [-0.3, -0.25) is 0 Å². The van der Waals surface area contributed by atoms with Gasteiger partial charge in [0.15, 0.2) is 0 Å². The second-order valence-electron chi connectivity index (χ2n) is 3.17. The van der Waals surface area contributed by atoms with Gasteiger partial charge in [0.1, 0.15) is 0 Å². The van der Waals surface area contributed by atoms with Crippen molar-refractivity contribution in [1.29, 1.82) is 0 Å². The van der Waals surface area contributed by atoms with Crippen molar-refractivity contribution in [3.63, 3.8) is 0 Å². The van der Waals surface area contributed by atoms with Crippen molar-refractivity contribution in [2.24, 2.45) is 0 Å². The minimum Gasteiger partial charge on any atom is -0.306 e. The van der Waals surface area contributed by atoms with Gasteiger partial charge in [-0.25, -0.2) is 0 Å². The summed E-state index contributed by atoms with van der Waals surface area (Å²) in [5, 5.41) is 4.09. The maximum atomic E-state index is 5.90. The van der Waals surface area contributed by atoms with Gasteiger partial charge in [0.05, 0.1) is 0 Å². The van der Waals surface area contributed by atoms with E-state index in [9.17, 15) is 0 Å². The van der Waals surface area contributed by atoms with Crippen LogP contribution in [0.5, 0.6) is 0 Å². The van der Waals surface area contributed by atoms with Crippen LogP contribution in [0.3, 0.4) is 0 Å². The predicted molar refractivity (Wildman–Crippen MR) is 65.9 cm³/mol. The molecule has 1 aromatic carbocycles. The summed E-state index contributed by atoms with van der Waals surface area (Å²) in [5.41, 5.74) is 1.19.